The van der Waals surface area contributed by atoms with Crippen LogP contribution in [-0.2, 0) is 0 Å². The Morgan fingerprint density at radius 1 is 1.27 bits per heavy atom. The van der Waals surface area contributed by atoms with Gasteiger partial charge in [0, 0.05) is 12.5 Å². The van der Waals surface area contributed by atoms with Crippen molar-refractivity contribution in [1.29, 1.82) is 0 Å². The van der Waals surface area contributed by atoms with Crippen LogP contribution >= 0.6 is 45.2 Å². The van der Waals surface area contributed by atoms with Crippen LogP contribution in [0.2, 0.25) is 25.7 Å². The van der Waals surface area contributed by atoms with E-state index >= 15 is 0 Å². The molecule has 0 aromatic heterocycles. The van der Waals surface area contributed by atoms with Crippen LogP contribution in [0.4, 0.5) is 0 Å². The van der Waals surface area contributed by atoms with E-state index in [9.17, 15) is 0 Å². The van der Waals surface area contributed by atoms with Crippen molar-refractivity contribution in [2.45, 2.75) is 32.6 Å². The summed E-state index contributed by atoms with van der Waals surface area (Å²) in [5.41, 5.74) is 1.61. The highest BCUT2D eigenvalue weighted by molar-refractivity contribution is 14.1. The Morgan fingerprint density at radius 3 is 2.00 bits per heavy atom. The second-order valence-electron chi connectivity index (χ2n) is 4.06. The number of hydrogen-bond donors (Lipinski definition) is 0. The molecule has 0 bridgehead atoms. The predicted octanol–water partition coefficient (Wildman–Crippen LogP) is 4.47. The minimum absolute atomic E-state index is 0.865. The van der Waals surface area contributed by atoms with Gasteiger partial charge >= 0.3 is 0 Å². The van der Waals surface area contributed by atoms with Gasteiger partial charge in [0.1, 0.15) is 0 Å². The minimum Gasteiger partial charge on any atom is -0.0807 e. The number of allylic oxidation sites excluding steroid dienone is 2. The van der Waals surface area contributed by atoms with Gasteiger partial charge in [-0.3, -0.25) is 0 Å². The normalized spacial score (nSPS) is 14.7. The minimum atomic E-state index is -0.865. The first-order valence-electron chi connectivity index (χ1n) is 3.77. The van der Waals surface area contributed by atoms with E-state index in [0.29, 0.717) is 0 Å². The lowest BCUT2D eigenvalue weighted by atomic mass is 10.3. The maximum Gasteiger partial charge on any atom is 0.0483 e. The molecule has 0 fully saturated rings. The molecule has 0 rings (SSSR count). The first-order chi connectivity index (χ1) is 4.87. The zero-order valence-corrected chi connectivity index (χ0v) is 13.0. The molecule has 0 nitrogen and oxygen atoms in total. The number of rotatable bonds is 3. The summed E-state index contributed by atoms with van der Waals surface area (Å²) in [6.07, 6.45) is 0. The Morgan fingerprint density at radius 2 is 1.73 bits per heavy atom. The van der Waals surface area contributed by atoms with Crippen LogP contribution < -0.4 is 0 Å². The highest BCUT2D eigenvalue weighted by atomic mass is 127. The summed E-state index contributed by atoms with van der Waals surface area (Å²) in [5, 5.41) is 0. The summed E-state index contributed by atoms with van der Waals surface area (Å²) in [7, 11) is -0.865. The van der Waals surface area contributed by atoms with Gasteiger partial charge in [0.2, 0.25) is 0 Å². The number of hydrogen-bond acceptors (Lipinski definition) is 0. The van der Waals surface area contributed by atoms with Crippen LogP contribution in [-0.4, -0.2) is 12.5 Å². The molecule has 11 heavy (non-hydrogen) atoms. The molecule has 3 heteroatoms. The van der Waals surface area contributed by atoms with Crippen LogP contribution in [0.15, 0.2) is 9.15 Å². The third-order valence-electron chi connectivity index (χ3n) is 1.38. The molecule has 0 saturated heterocycles. The SMILES string of the molecule is C/C(C[Si](C)(C)C)=C(\I)CI. The maximum atomic E-state index is 2.47. The molecule has 0 spiro atoms. The summed E-state index contributed by atoms with van der Waals surface area (Å²) >= 11 is 4.90. The summed E-state index contributed by atoms with van der Waals surface area (Å²) in [6, 6.07) is 1.36. The molecule has 0 aromatic rings. The van der Waals surface area contributed by atoms with E-state index in [-0.39, 0.29) is 0 Å². The van der Waals surface area contributed by atoms with Gasteiger partial charge in [-0.05, 0) is 39.1 Å². The highest BCUT2D eigenvalue weighted by Gasteiger charge is 2.14. The van der Waals surface area contributed by atoms with Crippen molar-refractivity contribution in [1.82, 2.24) is 0 Å². The van der Waals surface area contributed by atoms with E-state index in [4.69, 9.17) is 0 Å². The van der Waals surface area contributed by atoms with Gasteiger partial charge in [-0.2, -0.15) is 0 Å². The topological polar surface area (TPSA) is 0 Å². The largest absolute Gasteiger partial charge is 0.0807 e. The lowest BCUT2D eigenvalue weighted by Gasteiger charge is -2.16. The summed E-state index contributed by atoms with van der Waals surface area (Å²) in [4.78, 5) is 0. The van der Waals surface area contributed by atoms with Crippen LogP contribution in [0.25, 0.3) is 0 Å². The molecule has 0 aliphatic heterocycles. The van der Waals surface area contributed by atoms with Crippen LogP contribution in [0, 0.1) is 0 Å². The second-order valence-corrected chi connectivity index (χ2v) is 11.6. The fourth-order valence-corrected chi connectivity index (χ4v) is 4.01. The number of halogens is 2. The lowest BCUT2D eigenvalue weighted by molar-refractivity contribution is 1.30. The van der Waals surface area contributed by atoms with Gasteiger partial charge in [-0.15, -0.1) is 0 Å². The zero-order valence-electron chi connectivity index (χ0n) is 7.67. The molecule has 0 aliphatic rings. The molecule has 0 aromatic carbocycles. The fourth-order valence-electron chi connectivity index (χ4n) is 1.01. The van der Waals surface area contributed by atoms with Gasteiger partial charge in [-0.1, -0.05) is 47.8 Å². The van der Waals surface area contributed by atoms with Crippen molar-refractivity contribution in [2.24, 2.45) is 0 Å². The van der Waals surface area contributed by atoms with Crippen LogP contribution in [0.1, 0.15) is 6.92 Å². The van der Waals surface area contributed by atoms with Crippen molar-refractivity contribution in [3.8, 4) is 0 Å². The van der Waals surface area contributed by atoms with Gasteiger partial charge in [0.15, 0.2) is 0 Å². The standard InChI is InChI=1S/C8H16I2Si/c1-7(8(10)5-9)6-11(2,3)4/h5-6H2,1-4H3/b8-7+. The van der Waals surface area contributed by atoms with Crippen molar-refractivity contribution in [2.75, 3.05) is 4.43 Å². The molecule has 66 valence electrons. The maximum absolute atomic E-state index is 2.47. The molecule has 0 saturated carbocycles. The molecule has 0 unspecified atom stereocenters. The lowest BCUT2D eigenvalue weighted by Crippen LogP contribution is -2.19. The van der Waals surface area contributed by atoms with E-state index in [1.807, 2.05) is 0 Å². The van der Waals surface area contributed by atoms with Crippen molar-refractivity contribution >= 4 is 53.3 Å². The molecular formula is C8H16I2Si. The Balaban J connectivity index is 4.17. The molecule has 0 heterocycles. The Bertz CT molecular complexity index is 156. The smallest absolute Gasteiger partial charge is 0.0483 e. The molecule has 0 radical (unpaired) electrons. The van der Waals surface area contributed by atoms with Crippen LogP contribution in [0.5, 0.6) is 0 Å². The quantitative estimate of drug-likeness (QED) is 0.377. The first kappa shape index (κ1) is 12.4. The first-order valence-corrected chi connectivity index (χ1v) is 10.1. The van der Waals surface area contributed by atoms with Gasteiger partial charge in [0.25, 0.3) is 0 Å². The average molecular weight is 394 g/mol. The van der Waals surface area contributed by atoms with Crippen molar-refractivity contribution in [3.63, 3.8) is 0 Å². The van der Waals surface area contributed by atoms with E-state index in [0.717, 1.165) is 0 Å². The third kappa shape index (κ3) is 6.57. The summed E-state index contributed by atoms with van der Waals surface area (Å²) in [6.45, 7) is 9.55. The van der Waals surface area contributed by atoms with Crippen LogP contribution in [0.3, 0.4) is 0 Å². The molecule has 0 aliphatic carbocycles. The summed E-state index contributed by atoms with van der Waals surface area (Å²) < 4.78 is 2.72. The number of alkyl halides is 1. The molecular weight excluding hydrogens is 378 g/mol. The van der Waals surface area contributed by atoms with E-state index in [1.165, 1.54) is 10.5 Å². The van der Waals surface area contributed by atoms with Gasteiger partial charge in [0.05, 0.1) is 0 Å². The van der Waals surface area contributed by atoms with Crippen molar-refractivity contribution in [3.05, 3.63) is 9.15 Å². The highest BCUT2D eigenvalue weighted by Crippen LogP contribution is 2.23. The van der Waals surface area contributed by atoms with Gasteiger partial charge < -0.3 is 0 Å². The Kier molecular flexibility index (Phi) is 5.88. The Hall–Kier alpha value is 1.42. The predicted molar refractivity (Wildman–Crippen MR) is 73.8 cm³/mol. The molecule has 0 N–H and O–H groups in total. The van der Waals surface area contributed by atoms with Gasteiger partial charge in [-0.25, -0.2) is 0 Å². The average Bonchev–Trinajstić information content (AvgIpc) is 1.82. The summed E-state index contributed by atoms with van der Waals surface area (Å²) in [5.74, 6) is 0. The third-order valence-corrected chi connectivity index (χ3v) is 6.49. The molecule has 0 amide bonds. The Labute approximate surface area is 98.5 Å². The zero-order chi connectivity index (χ0) is 9.07. The van der Waals surface area contributed by atoms with Crippen molar-refractivity contribution < 1.29 is 0 Å². The fraction of sp³-hybridized carbons (Fsp3) is 0.750. The monoisotopic (exact) mass is 394 g/mol. The van der Waals surface area contributed by atoms with E-state index in [2.05, 4.69) is 71.7 Å². The molecule has 0 atom stereocenters. The van der Waals surface area contributed by atoms with E-state index in [1.54, 1.807) is 9.15 Å². The second kappa shape index (κ2) is 5.21. The van der Waals surface area contributed by atoms with E-state index < -0.39 is 8.07 Å².